The highest BCUT2D eigenvalue weighted by Crippen LogP contribution is 1.58. The van der Waals surface area contributed by atoms with Crippen LogP contribution in [0.4, 0.5) is 0 Å². The molecule has 4 heteroatoms. The number of carbonyl (C=O) groups excluding carboxylic acids is 1. The molecule has 0 aliphatic heterocycles. The van der Waals surface area contributed by atoms with Crippen molar-refractivity contribution in [2.75, 3.05) is 0 Å². The SMILES string of the molecule is BOC(C)=O.O. The maximum Gasteiger partial charge on any atom is 0.325 e. The van der Waals surface area contributed by atoms with Gasteiger partial charge in [-0.25, -0.2) is 0 Å². The van der Waals surface area contributed by atoms with Crippen molar-refractivity contribution < 1.29 is 14.9 Å². The van der Waals surface area contributed by atoms with E-state index in [1.807, 2.05) is 0 Å². The third-order valence-corrected chi connectivity index (χ3v) is 0.287. The van der Waals surface area contributed by atoms with E-state index in [0.29, 0.717) is 0 Å². The van der Waals surface area contributed by atoms with Crippen LogP contribution in [0.2, 0.25) is 0 Å². The molecule has 0 bridgehead atoms. The predicted octanol–water partition coefficient (Wildman–Crippen LogP) is -1.73. The Bertz CT molecular complexity index is 44.1. The van der Waals surface area contributed by atoms with Gasteiger partial charge in [0, 0.05) is 6.92 Å². The highest BCUT2D eigenvalue weighted by molar-refractivity contribution is 6.04. The van der Waals surface area contributed by atoms with Gasteiger partial charge in [0.1, 0.15) is 0 Å². The average molecular weight is 89.9 g/mol. The summed E-state index contributed by atoms with van der Waals surface area (Å²) in [6.45, 7) is 1.36. The Morgan fingerprint density at radius 2 is 2.00 bits per heavy atom. The highest BCUT2D eigenvalue weighted by Gasteiger charge is 1.75. The van der Waals surface area contributed by atoms with Gasteiger partial charge in [-0.1, -0.05) is 0 Å². The van der Waals surface area contributed by atoms with Gasteiger partial charge in [-0.05, 0) is 0 Å². The topological polar surface area (TPSA) is 57.8 Å². The lowest BCUT2D eigenvalue weighted by Gasteiger charge is -1.82. The molecule has 0 aromatic rings. The lowest BCUT2D eigenvalue weighted by molar-refractivity contribution is -0.131. The number of rotatable bonds is 0. The quantitative estimate of drug-likeness (QED) is 0.332. The molecule has 0 heterocycles. The van der Waals surface area contributed by atoms with Crippen molar-refractivity contribution in [2.24, 2.45) is 0 Å². The summed E-state index contributed by atoms with van der Waals surface area (Å²) < 4.78 is 4.11. The van der Waals surface area contributed by atoms with Crippen LogP contribution in [-0.4, -0.2) is 19.5 Å². The van der Waals surface area contributed by atoms with E-state index < -0.39 is 0 Å². The maximum absolute atomic E-state index is 9.59. The molecule has 0 fully saturated rings. The van der Waals surface area contributed by atoms with Crippen LogP contribution in [0.3, 0.4) is 0 Å². The molecule has 0 aromatic heterocycles. The zero-order chi connectivity index (χ0) is 4.28. The van der Waals surface area contributed by atoms with Gasteiger partial charge in [0.25, 0.3) is 5.97 Å². The van der Waals surface area contributed by atoms with E-state index in [2.05, 4.69) is 4.65 Å². The molecular formula is C2H7BO3. The van der Waals surface area contributed by atoms with Gasteiger partial charge in [-0.2, -0.15) is 0 Å². The minimum Gasteiger partial charge on any atom is -0.544 e. The molecule has 0 aliphatic rings. The second-order valence-corrected chi connectivity index (χ2v) is 0.696. The first-order chi connectivity index (χ1) is 2.27. The molecule has 0 rings (SSSR count). The van der Waals surface area contributed by atoms with Crippen molar-refractivity contribution in [3.8, 4) is 0 Å². The van der Waals surface area contributed by atoms with E-state index in [4.69, 9.17) is 0 Å². The third kappa shape index (κ3) is 9.73. The fourth-order valence-corrected chi connectivity index (χ4v) is 0. The molecular weight excluding hydrogens is 82.8 g/mol. The van der Waals surface area contributed by atoms with Gasteiger partial charge < -0.3 is 10.1 Å². The summed E-state index contributed by atoms with van der Waals surface area (Å²) in [4.78, 5) is 9.59. The Labute approximate surface area is 37.0 Å². The largest absolute Gasteiger partial charge is 0.544 e. The summed E-state index contributed by atoms with van der Waals surface area (Å²) in [7, 11) is 1.35. The van der Waals surface area contributed by atoms with Gasteiger partial charge in [0.15, 0.2) is 0 Å². The summed E-state index contributed by atoms with van der Waals surface area (Å²) in [6, 6.07) is 0. The van der Waals surface area contributed by atoms with Crippen LogP contribution in [0, 0.1) is 0 Å². The lowest BCUT2D eigenvalue weighted by Crippen LogP contribution is -1.90. The average Bonchev–Trinajstić information content (AvgIpc) is 1.38. The molecule has 0 unspecified atom stereocenters. The van der Waals surface area contributed by atoms with Crippen LogP contribution >= 0.6 is 0 Å². The fraction of sp³-hybridized carbons (Fsp3) is 0.500. The normalized spacial score (nSPS) is 5.50. The Balaban J connectivity index is 0. The lowest BCUT2D eigenvalue weighted by atomic mass is 10.6. The van der Waals surface area contributed by atoms with E-state index in [1.54, 1.807) is 0 Å². The van der Waals surface area contributed by atoms with Gasteiger partial charge in [-0.15, -0.1) is 0 Å². The highest BCUT2D eigenvalue weighted by atomic mass is 16.5. The molecule has 0 amide bonds. The summed E-state index contributed by atoms with van der Waals surface area (Å²) in [6.07, 6.45) is 0. The molecule has 3 nitrogen and oxygen atoms in total. The van der Waals surface area contributed by atoms with Crippen LogP contribution < -0.4 is 0 Å². The van der Waals surface area contributed by atoms with Gasteiger partial charge >= 0.3 is 8.05 Å². The molecule has 0 saturated carbocycles. The minimum atomic E-state index is -0.245. The first kappa shape index (κ1) is 9.09. The zero-order valence-electron chi connectivity index (χ0n) is 3.82. The molecule has 6 heavy (non-hydrogen) atoms. The summed E-state index contributed by atoms with van der Waals surface area (Å²) in [5, 5.41) is 0. The minimum absolute atomic E-state index is 0. The van der Waals surface area contributed by atoms with Gasteiger partial charge in [0.05, 0.1) is 0 Å². The van der Waals surface area contributed by atoms with Crippen LogP contribution in [-0.2, 0) is 9.45 Å². The first-order valence-electron chi connectivity index (χ1n) is 1.32. The second kappa shape index (κ2) is 4.49. The second-order valence-electron chi connectivity index (χ2n) is 0.696. The van der Waals surface area contributed by atoms with Crippen molar-refractivity contribution in [3.63, 3.8) is 0 Å². The smallest absolute Gasteiger partial charge is 0.325 e. The predicted molar refractivity (Wildman–Crippen MR) is 23.9 cm³/mol. The van der Waals surface area contributed by atoms with Gasteiger partial charge in [-0.3, -0.25) is 4.79 Å². The molecule has 0 radical (unpaired) electrons. The van der Waals surface area contributed by atoms with E-state index in [9.17, 15) is 4.79 Å². The van der Waals surface area contributed by atoms with Gasteiger partial charge in [0.2, 0.25) is 0 Å². The summed E-state index contributed by atoms with van der Waals surface area (Å²) in [5.74, 6) is -0.245. The van der Waals surface area contributed by atoms with Crippen molar-refractivity contribution in [3.05, 3.63) is 0 Å². The molecule has 0 aromatic carbocycles. The van der Waals surface area contributed by atoms with Crippen molar-refractivity contribution >= 4 is 14.0 Å². The van der Waals surface area contributed by atoms with Crippen LogP contribution in [0.5, 0.6) is 0 Å². The van der Waals surface area contributed by atoms with Crippen molar-refractivity contribution in [2.45, 2.75) is 6.92 Å². The number of hydrogen-bond acceptors (Lipinski definition) is 2. The molecule has 36 valence electrons. The molecule has 0 spiro atoms. The van der Waals surface area contributed by atoms with E-state index >= 15 is 0 Å². The Morgan fingerprint density at radius 3 is 2.00 bits per heavy atom. The molecule has 0 aliphatic carbocycles. The fourth-order valence-electron chi connectivity index (χ4n) is 0. The Kier molecular flexibility index (Phi) is 6.81. The molecule has 0 atom stereocenters. The molecule has 0 saturated heterocycles. The van der Waals surface area contributed by atoms with Crippen LogP contribution in [0.15, 0.2) is 0 Å². The summed E-state index contributed by atoms with van der Waals surface area (Å²) >= 11 is 0. The summed E-state index contributed by atoms with van der Waals surface area (Å²) in [5.41, 5.74) is 0. The first-order valence-corrected chi connectivity index (χ1v) is 1.32. The van der Waals surface area contributed by atoms with Crippen molar-refractivity contribution in [1.29, 1.82) is 0 Å². The Hall–Kier alpha value is -0.505. The molecule has 2 N–H and O–H groups in total. The monoisotopic (exact) mass is 90.0 g/mol. The number of carbonyl (C=O) groups is 1. The van der Waals surface area contributed by atoms with Crippen LogP contribution in [0.1, 0.15) is 6.92 Å². The zero-order valence-corrected chi connectivity index (χ0v) is 3.82. The van der Waals surface area contributed by atoms with Crippen LogP contribution in [0.25, 0.3) is 0 Å². The third-order valence-electron chi connectivity index (χ3n) is 0.287. The van der Waals surface area contributed by atoms with Crippen molar-refractivity contribution in [1.82, 2.24) is 0 Å². The number of hydrogen-bond donors (Lipinski definition) is 0. The van der Waals surface area contributed by atoms with E-state index in [1.165, 1.54) is 15.0 Å². The Morgan fingerprint density at radius 1 is 1.83 bits per heavy atom. The standard InChI is InChI=1S/C2H5BO2.H2O/c1-2(4)5-3;/h3H2,1H3;1H2. The maximum atomic E-state index is 9.59. The van der Waals surface area contributed by atoms with E-state index in [-0.39, 0.29) is 11.4 Å². The van der Waals surface area contributed by atoms with E-state index in [0.717, 1.165) is 0 Å².